The van der Waals surface area contributed by atoms with Crippen LogP contribution in [-0.4, -0.2) is 51.3 Å². The van der Waals surface area contributed by atoms with E-state index in [1.165, 1.54) is 0 Å². The molecule has 146 valence electrons. The molecule has 0 aliphatic rings. The number of anilines is 2. The topological polar surface area (TPSA) is 82.7 Å². The molecule has 0 unspecified atom stereocenters. The highest BCUT2D eigenvalue weighted by atomic mass is 16.5. The molecule has 26 heavy (non-hydrogen) atoms. The van der Waals surface area contributed by atoms with E-state index < -0.39 is 0 Å². The van der Waals surface area contributed by atoms with Crippen LogP contribution in [0.4, 0.5) is 16.2 Å². The number of carbonyl (C=O) groups is 2. The van der Waals surface area contributed by atoms with E-state index in [9.17, 15) is 9.59 Å². The van der Waals surface area contributed by atoms with Crippen molar-refractivity contribution in [2.24, 2.45) is 0 Å². The predicted molar refractivity (Wildman–Crippen MR) is 106 cm³/mol. The second-order valence-corrected chi connectivity index (χ2v) is 7.26. The minimum absolute atomic E-state index is 0.176. The summed E-state index contributed by atoms with van der Waals surface area (Å²) in [6.07, 6.45) is 0.753. The van der Waals surface area contributed by atoms with Gasteiger partial charge in [0.2, 0.25) is 0 Å². The summed E-state index contributed by atoms with van der Waals surface area (Å²) in [7, 11) is 3.75. The van der Waals surface area contributed by atoms with E-state index in [-0.39, 0.29) is 17.5 Å². The summed E-state index contributed by atoms with van der Waals surface area (Å²) in [5.41, 5.74) is 1.53. The molecule has 3 N–H and O–H groups in total. The Morgan fingerprint density at radius 3 is 2.46 bits per heavy atom. The van der Waals surface area contributed by atoms with Gasteiger partial charge in [-0.3, -0.25) is 4.79 Å². The molecule has 0 aromatic heterocycles. The van der Waals surface area contributed by atoms with Gasteiger partial charge in [-0.05, 0) is 52.3 Å². The van der Waals surface area contributed by atoms with Crippen LogP contribution in [-0.2, 0) is 4.74 Å². The second-order valence-electron chi connectivity index (χ2n) is 7.26. The lowest BCUT2D eigenvalue weighted by Crippen LogP contribution is -2.43. The maximum absolute atomic E-state index is 12.6. The van der Waals surface area contributed by atoms with E-state index in [2.05, 4.69) is 16.0 Å². The zero-order valence-electron chi connectivity index (χ0n) is 16.7. The van der Waals surface area contributed by atoms with Gasteiger partial charge >= 0.3 is 6.03 Å². The van der Waals surface area contributed by atoms with Crippen molar-refractivity contribution in [2.75, 3.05) is 44.1 Å². The van der Waals surface area contributed by atoms with Crippen LogP contribution in [0, 0.1) is 0 Å². The normalized spacial score (nSPS) is 11.0. The number of rotatable bonds is 8. The van der Waals surface area contributed by atoms with Crippen LogP contribution in [0.2, 0.25) is 0 Å². The first kappa shape index (κ1) is 21.8. The third kappa shape index (κ3) is 7.74. The second kappa shape index (κ2) is 10.0. The van der Waals surface area contributed by atoms with Gasteiger partial charge < -0.3 is 25.6 Å². The van der Waals surface area contributed by atoms with Crippen molar-refractivity contribution >= 4 is 23.3 Å². The number of nitrogens with zero attached hydrogens (tertiary/aromatic N) is 1. The standard InChI is InChI=1S/C19H32N4O3/c1-7-26-12-8-11-20-17(24)15-13-14(9-10-16(15)23(5)6)21-18(25)22-19(2,3)4/h9-10,13H,7-8,11-12H2,1-6H3,(H,20,24)(H2,21,22,25). The Morgan fingerprint density at radius 2 is 1.88 bits per heavy atom. The summed E-state index contributed by atoms with van der Waals surface area (Å²) in [5, 5.41) is 8.51. The molecule has 7 heteroatoms. The molecule has 0 spiro atoms. The highest BCUT2D eigenvalue weighted by Crippen LogP contribution is 2.23. The molecule has 0 heterocycles. The van der Waals surface area contributed by atoms with Crippen LogP contribution in [0.15, 0.2) is 18.2 Å². The average Bonchev–Trinajstić information content (AvgIpc) is 2.52. The molecule has 0 radical (unpaired) electrons. The number of urea groups is 1. The van der Waals surface area contributed by atoms with Crippen molar-refractivity contribution in [3.05, 3.63) is 23.8 Å². The molecule has 0 aliphatic heterocycles. The van der Waals surface area contributed by atoms with Crippen molar-refractivity contribution in [1.29, 1.82) is 0 Å². The van der Waals surface area contributed by atoms with Crippen LogP contribution in [0.3, 0.4) is 0 Å². The van der Waals surface area contributed by atoms with Crippen LogP contribution in [0.1, 0.15) is 44.5 Å². The highest BCUT2D eigenvalue weighted by Gasteiger charge is 2.17. The zero-order valence-corrected chi connectivity index (χ0v) is 16.7. The lowest BCUT2D eigenvalue weighted by Gasteiger charge is -2.22. The summed E-state index contributed by atoms with van der Waals surface area (Å²) in [6, 6.07) is 4.99. The SMILES string of the molecule is CCOCCCNC(=O)c1cc(NC(=O)NC(C)(C)C)ccc1N(C)C. The fourth-order valence-corrected chi connectivity index (χ4v) is 2.30. The molecule has 1 rings (SSSR count). The molecule has 1 aromatic rings. The van der Waals surface area contributed by atoms with Gasteiger partial charge in [0.25, 0.3) is 5.91 Å². The lowest BCUT2D eigenvalue weighted by molar-refractivity contribution is 0.0944. The monoisotopic (exact) mass is 364 g/mol. The number of carbonyl (C=O) groups excluding carboxylic acids is 2. The molecule has 0 fully saturated rings. The lowest BCUT2D eigenvalue weighted by atomic mass is 10.1. The molecule has 0 bridgehead atoms. The fourth-order valence-electron chi connectivity index (χ4n) is 2.30. The van der Waals surface area contributed by atoms with E-state index in [0.717, 1.165) is 12.1 Å². The Kier molecular flexibility index (Phi) is 8.38. The predicted octanol–water partition coefficient (Wildman–Crippen LogP) is 2.83. The maximum atomic E-state index is 12.6. The first-order chi connectivity index (χ1) is 12.1. The quantitative estimate of drug-likeness (QED) is 0.620. The van der Waals surface area contributed by atoms with E-state index in [4.69, 9.17) is 4.74 Å². The molecule has 0 atom stereocenters. The van der Waals surface area contributed by atoms with E-state index in [1.54, 1.807) is 12.1 Å². The van der Waals surface area contributed by atoms with Gasteiger partial charge in [-0.2, -0.15) is 0 Å². The van der Waals surface area contributed by atoms with E-state index >= 15 is 0 Å². The first-order valence-electron chi connectivity index (χ1n) is 8.90. The van der Waals surface area contributed by atoms with Gasteiger partial charge in [0, 0.05) is 50.8 Å². The largest absolute Gasteiger partial charge is 0.382 e. The average molecular weight is 364 g/mol. The van der Waals surface area contributed by atoms with Gasteiger partial charge in [0.05, 0.1) is 5.56 Å². The van der Waals surface area contributed by atoms with Gasteiger partial charge in [0.15, 0.2) is 0 Å². The Morgan fingerprint density at radius 1 is 1.19 bits per heavy atom. The molecular formula is C19H32N4O3. The van der Waals surface area contributed by atoms with Crippen molar-refractivity contribution < 1.29 is 14.3 Å². The smallest absolute Gasteiger partial charge is 0.319 e. The van der Waals surface area contributed by atoms with Crippen molar-refractivity contribution in [3.8, 4) is 0 Å². The highest BCUT2D eigenvalue weighted by molar-refractivity contribution is 6.01. The summed E-state index contributed by atoms with van der Waals surface area (Å²) in [4.78, 5) is 26.5. The van der Waals surface area contributed by atoms with Crippen LogP contribution in [0.25, 0.3) is 0 Å². The molecule has 0 aliphatic carbocycles. The van der Waals surface area contributed by atoms with E-state index in [1.807, 2.05) is 52.8 Å². The molecule has 7 nitrogen and oxygen atoms in total. The minimum atomic E-state index is -0.339. The number of benzene rings is 1. The number of nitrogens with one attached hydrogen (secondary N) is 3. The van der Waals surface area contributed by atoms with Crippen LogP contribution in [0.5, 0.6) is 0 Å². The maximum Gasteiger partial charge on any atom is 0.319 e. The van der Waals surface area contributed by atoms with E-state index in [0.29, 0.717) is 31.0 Å². The summed E-state index contributed by atoms with van der Waals surface area (Å²) in [6.45, 7) is 9.48. The zero-order chi connectivity index (χ0) is 19.7. The summed E-state index contributed by atoms with van der Waals surface area (Å²) < 4.78 is 5.27. The first-order valence-corrected chi connectivity index (χ1v) is 8.90. The Hall–Kier alpha value is -2.28. The van der Waals surface area contributed by atoms with Gasteiger partial charge in [0.1, 0.15) is 0 Å². The molecular weight excluding hydrogens is 332 g/mol. The summed E-state index contributed by atoms with van der Waals surface area (Å²) >= 11 is 0. The number of amides is 3. The van der Waals surface area contributed by atoms with Crippen molar-refractivity contribution in [1.82, 2.24) is 10.6 Å². The number of ether oxygens (including phenoxy) is 1. The molecule has 3 amide bonds. The molecule has 0 saturated heterocycles. The summed E-state index contributed by atoms with van der Waals surface area (Å²) in [5.74, 6) is -0.176. The minimum Gasteiger partial charge on any atom is -0.382 e. The number of hydrogen-bond donors (Lipinski definition) is 3. The third-order valence-electron chi connectivity index (χ3n) is 3.42. The number of hydrogen-bond acceptors (Lipinski definition) is 4. The van der Waals surface area contributed by atoms with Crippen LogP contribution >= 0.6 is 0 Å². The Bertz CT molecular complexity index is 609. The molecule has 1 aromatic carbocycles. The van der Waals surface area contributed by atoms with Gasteiger partial charge in [-0.1, -0.05) is 0 Å². The molecule has 0 saturated carbocycles. The van der Waals surface area contributed by atoms with Crippen molar-refractivity contribution in [2.45, 2.75) is 39.7 Å². The third-order valence-corrected chi connectivity index (χ3v) is 3.42. The van der Waals surface area contributed by atoms with Gasteiger partial charge in [-0.15, -0.1) is 0 Å². The Balaban J connectivity index is 2.84. The van der Waals surface area contributed by atoms with Gasteiger partial charge in [-0.25, -0.2) is 4.79 Å². The Labute approximate surface area is 156 Å². The van der Waals surface area contributed by atoms with Crippen LogP contribution < -0.4 is 20.9 Å². The fraction of sp³-hybridized carbons (Fsp3) is 0.579. The van der Waals surface area contributed by atoms with Crippen molar-refractivity contribution in [3.63, 3.8) is 0 Å².